The quantitative estimate of drug-likeness (QED) is 0.726. The van der Waals surface area contributed by atoms with Gasteiger partial charge in [-0.1, -0.05) is 37.1 Å². The molecule has 0 unspecified atom stereocenters. The highest BCUT2D eigenvalue weighted by atomic mass is 15.1. The van der Waals surface area contributed by atoms with E-state index in [-0.39, 0.29) is 0 Å². The first-order valence-corrected chi connectivity index (χ1v) is 6.24. The van der Waals surface area contributed by atoms with Gasteiger partial charge in [-0.2, -0.15) is 0 Å². The van der Waals surface area contributed by atoms with Gasteiger partial charge in [0.25, 0.3) is 0 Å². The maximum Gasteiger partial charge on any atom is 0.0599 e. The first-order chi connectivity index (χ1) is 8.31. The van der Waals surface area contributed by atoms with E-state index in [1.165, 1.54) is 11.1 Å². The zero-order chi connectivity index (χ0) is 12.5. The van der Waals surface area contributed by atoms with Crippen molar-refractivity contribution in [1.29, 1.82) is 0 Å². The molecule has 0 bridgehead atoms. The summed E-state index contributed by atoms with van der Waals surface area (Å²) < 4.78 is 0. The molecule has 2 heteroatoms. The molecule has 0 aliphatic carbocycles. The van der Waals surface area contributed by atoms with Crippen LogP contribution in [0.3, 0.4) is 0 Å². The third-order valence-electron chi connectivity index (χ3n) is 2.89. The van der Waals surface area contributed by atoms with Crippen molar-refractivity contribution in [3.63, 3.8) is 0 Å². The van der Waals surface area contributed by atoms with Crippen LogP contribution in [0.15, 0.2) is 24.3 Å². The van der Waals surface area contributed by atoms with Gasteiger partial charge in [0, 0.05) is 13.1 Å². The molecule has 0 aromatic heterocycles. The van der Waals surface area contributed by atoms with Gasteiger partial charge < -0.3 is 5.73 Å². The summed E-state index contributed by atoms with van der Waals surface area (Å²) in [5, 5.41) is 0. The molecule has 1 aromatic rings. The normalized spacial score (nSPS) is 10.5. The lowest BCUT2D eigenvalue weighted by molar-refractivity contribution is 0.311. The molecule has 0 amide bonds. The highest BCUT2D eigenvalue weighted by molar-refractivity contribution is 5.27. The number of hydrogen-bond donors (Lipinski definition) is 1. The lowest BCUT2D eigenvalue weighted by Gasteiger charge is -2.19. The Morgan fingerprint density at radius 3 is 2.53 bits per heavy atom. The van der Waals surface area contributed by atoms with Gasteiger partial charge in [0.05, 0.1) is 6.54 Å². The maximum atomic E-state index is 5.73. The molecule has 0 fully saturated rings. The predicted molar refractivity (Wildman–Crippen MR) is 73.6 cm³/mol. The Bertz CT molecular complexity index is 365. The van der Waals surface area contributed by atoms with Gasteiger partial charge in [-0.05, 0) is 30.5 Å². The largest absolute Gasteiger partial charge is 0.326 e. The zero-order valence-electron chi connectivity index (χ0n) is 10.7. The Balaban J connectivity index is 2.55. The van der Waals surface area contributed by atoms with Crippen LogP contribution in [0.4, 0.5) is 0 Å². The van der Waals surface area contributed by atoms with Gasteiger partial charge in [0.1, 0.15) is 0 Å². The van der Waals surface area contributed by atoms with Crippen LogP contribution in [-0.2, 0) is 13.0 Å². The standard InChI is InChI=1S/C15H22N2/c1-3-10-17(11-4-2)12-9-14-7-5-6-8-15(14)13-16/h1,5-8H,4,9-13,16H2,2H3. The minimum absolute atomic E-state index is 0.610. The van der Waals surface area contributed by atoms with Gasteiger partial charge >= 0.3 is 0 Å². The van der Waals surface area contributed by atoms with Crippen molar-refractivity contribution in [3.8, 4) is 12.3 Å². The lowest BCUT2D eigenvalue weighted by Crippen LogP contribution is -2.27. The van der Waals surface area contributed by atoms with E-state index in [4.69, 9.17) is 12.2 Å². The Kier molecular flexibility index (Phi) is 6.39. The van der Waals surface area contributed by atoms with Gasteiger partial charge in [-0.3, -0.25) is 4.90 Å². The van der Waals surface area contributed by atoms with Gasteiger partial charge in [0.2, 0.25) is 0 Å². The summed E-state index contributed by atoms with van der Waals surface area (Å²) in [5.41, 5.74) is 8.31. The first kappa shape index (κ1) is 13.8. The Morgan fingerprint density at radius 1 is 1.24 bits per heavy atom. The maximum absolute atomic E-state index is 5.73. The average Bonchev–Trinajstić information content (AvgIpc) is 2.37. The molecule has 0 heterocycles. The molecular formula is C15H22N2. The van der Waals surface area contributed by atoms with Crippen molar-refractivity contribution in [1.82, 2.24) is 4.90 Å². The summed E-state index contributed by atoms with van der Waals surface area (Å²) in [5.74, 6) is 2.72. The Morgan fingerprint density at radius 2 is 1.94 bits per heavy atom. The molecule has 0 radical (unpaired) electrons. The number of hydrogen-bond acceptors (Lipinski definition) is 2. The van der Waals surface area contributed by atoms with Crippen LogP contribution >= 0.6 is 0 Å². The minimum atomic E-state index is 0.610. The molecule has 17 heavy (non-hydrogen) atoms. The van der Waals surface area contributed by atoms with Crippen LogP contribution in [-0.4, -0.2) is 24.5 Å². The van der Waals surface area contributed by atoms with E-state index in [1.54, 1.807) is 0 Å². The molecule has 2 N–H and O–H groups in total. The fourth-order valence-electron chi connectivity index (χ4n) is 1.99. The Hall–Kier alpha value is -1.30. The second-order valence-corrected chi connectivity index (χ2v) is 4.20. The van der Waals surface area contributed by atoms with Gasteiger partial charge in [0.15, 0.2) is 0 Å². The van der Waals surface area contributed by atoms with Crippen LogP contribution < -0.4 is 5.73 Å². The summed E-state index contributed by atoms with van der Waals surface area (Å²) in [6, 6.07) is 8.36. The van der Waals surface area contributed by atoms with Crippen molar-refractivity contribution in [3.05, 3.63) is 35.4 Å². The number of rotatable bonds is 7. The molecule has 1 aromatic carbocycles. The first-order valence-electron chi connectivity index (χ1n) is 6.24. The van der Waals surface area contributed by atoms with E-state index >= 15 is 0 Å². The molecular weight excluding hydrogens is 208 g/mol. The monoisotopic (exact) mass is 230 g/mol. The van der Waals surface area contributed by atoms with Crippen LogP contribution in [0.25, 0.3) is 0 Å². The molecule has 2 nitrogen and oxygen atoms in total. The summed E-state index contributed by atoms with van der Waals surface area (Å²) in [7, 11) is 0. The van der Waals surface area contributed by atoms with Gasteiger partial charge in [-0.15, -0.1) is 6.42 Å². The number of terminal acetylenes is 1. The van der Waals surface area contributed by atoms with E-state index in [2.05, 4.69) is 35.9 Å². The summed E-state index contributed by atoms with van der Waals surface area (Å²) in [4.78, 5) is 2.31. The second-order valence-electron chi connectivity index (χ2n) is 4.20. The molecule has 1 rings (SSSR count). The van der Waals surface area contributed by atoms with Crippen molar-refractivity contribution in [2.45, 2.75) is 26.3 Å². The fraction of sp³-hybridized carbons (Fsp3) is 0.467. The molecule has 0 aliphatic rings. The molecule has 0 atom stereocenters. The predicted octanol–water partition coefficient (Wildman–Crippen LogP) is 2.03. The highest BCUT2D eigenvalue weighted by Gasteiger charge is 2.04. The summed E-state index contributed by atoms with van der Waals surface area (Å²) in [6.07, 6.45) is 7.54. The smallest absolute Gasteiger partial charge is 0.0599 e. The van der Waals surface area contributed by atoms with E-state index in [0.29, 0.717) is 6.54 Å². The molecule has 0 saturated heterocycles. The SMILES string of the molecule is C#CCN(CCC)CCc1ccccc1CN. The third kappa shape index (κ3) is 4.60. The van der Waals surface area contributed by atoms with Crippen LogP contribution in [0, 0.1) is 12.3 Å². The topological polar surface area (TPSA) is 29.3 Å². The number of benzene rings is 1. The summed E-state index contributed by atoms with van der Waals surface area (Å²) in [6.45, 7) is 5.60. The number of nitrogens with zero attached hydrogens (tertiary/aromatic N) is 1. The van der Waals surface area contributed by atoms with Crippen LogP contribution in [0.5, 0.6) is 0 Å². The van der Waals surface area contributed by atoms with E-state index < -0.39 is 0 Å². The average molecular weight is 230 g/mol. The molecule has 0 spiro atoms. The minimum Gasteiger partial charge on any atom is -0.326 e. The van der Waals surface area contributed by atoms with Crippen LogP contribution in [0.1, 0.15) is 24.5 Å². The lowest BCUT2D eigenvalue weighted by atomic mass is 10.0. The summed E-state index contributed by atoms with van der Waals surface area (Å²) >= 11 is 0. The third-order valence-corrected chi connectivity index (χ3v) is 2.89. The molecule has 92 valence electrons. The number of nitrogens with two attached hydrogens (primary N) is 1. The zero-order valence-corrected chi connectivity index (χ0v) is 10.7. The van der Waals surface area contributed by atoms with Crippen molar-refractivity contribution >= 4 is 0 Å². The van der Waals surface area contributed by atoms with Crippen LogP contribution in [0.2, 0.25) is 0 Å². The van der Waals surface area contributed by atoms with Gasteiger partial charge in [-0.25, -0.2) is 0 Å². The molecule has 0 aliphatic heterocycles. The second kappa shape index (κ2) is 7.89. The molecule has 0 saturated carbocycles. The van der Waals surface area contributed by atoms with E-state index in [9.17, 15) is 0 Å². The van der Waals surface area contributed by atoms with Crippen molar-refractivity contribution in [2.75, 3.05) is 19.6 Å². The van der Waals surface area contributed by atoms with E-state index in [0.717, 1.165) is 32.5 Å². The highest BCUT2D eigenvalue weighted by Crippen LogP contribution is 2.09. The fourth-order valence-corrected chi connectivity index (χ4v) is 1.99. The van der Waals surface area contributed by atoms with E-state index in [1.807, 2.05) is 6.07 Å². The van der Waals surface area contributed by atoms with Crippen molar-refractivity contribution in [2.24, 2.45) is 5.73 Å². The Labute approximate surface area is 105 Å². The van der Waals surface area contributed by atoms with Crippen molar-refractivity contribution < 1.29 is 0 Å².